The van der Waals surface area contributed by atoms with E-state index in [-0.39, 0.29) is 19.0 Å². The van der Waals surface area contributed by atoms with Crippen LogP contribution in [-0.2, 0) is 15.9 Å². The number of hydrogen-bond acceptors (Lipinski definition) is 5. The van der Waals surface area contributed by atoms with Crippen LogP contribution in [0.2, 0.25) is 0 Å². The van der Waals surface area contributed by atoms with Crippen molar-refractivity contribution in [2.45, 2.75) is 59.2 Å². The molecule has 0 N–H and O–H groups in total. The molecule has 0 radical (unpaired) electrons. The molecule has 1 heterocycles. The van der Waals surface area contributed by atoms with E-state index in [1.165, 1.54) is 15.4 Å². The first-order chi connectivity index (χ1) is 15.4. The third kappa shape index (κ3) is 7.07. The normalized spacial score (nSPS) is 14.3. The number of benzene rings is 2. The van der Waals surface area contributed by atoms with Crippen LogP contribution in [0.5, 0.6) is 0 Å². The third-order valence-corrected chi connectivity index (χ3v) is 4.67. The Morgan fingerprint density at radius 3 is 1.67 bits per heavy atom. The lowest BCUT2D eigenvalue weighted by Gasteiger charge is -2.27. The topological polar surface area (TPSA) is 71.4 Å². The molecule has 0 unspecified atom stereocenters. The highest BCUT2D eigenvalue weighted by molar-refractivity contribution is 6.04. The number of ether oxygens (including phenoxy) is 2. The largest absolute Gasteiger partial charge is 0.443 e. The number of hydrogen-bond donors (Lipinski definition) is 0. The summed E-state index contributed by atoms with van der Waals surface area (Å²) in [6.45, 7) is 11.4. The molecule has 7 nitrogen and oxygen atoms in total. The van der Waals surface area contributed by atoms with E-state index in [0.717, 1.165) is 12.0 Å². The molecule has 0 aromatic heterocycles. The van der Waals surface area contributed by atoms with Crippen molar-refractivity contribution in [1.82, 2.24) is 9.80 Å². The van der Waals surface area contributed by atoms with E-state index < -0.39 is 23.4 Å². The van der Waals surface area contributed by atoms with Crippen LogP contribution in [0.25, 0.3) is 0 Å². The van der Waals surface area contributed by atoms with Gasteiger partial charge in [-0.15, -0.1) is 0 Å². The highest BCUT2D eigenvalue weighted by Crippen LogP contribution is 2.23. The van der Waals surface area contributed by atoms with Gasteiger partial charge in [-0.25, -0.2) is 24.4 Å². The summed E-state index contributed by atoms with van der Waals surface area (Å²) >= 11 is 0. The zero-order valence-corrected chi connectivity index (χ0v) is 20.3. The second-order valence-electron chi connectivity index (χ2n) is 10.0. The van der Waals surface area contributed by atoms with Crippen molar-refractivity contribution in [1.29, 1.82) is 0 Å². The van der Waals surface area contributed by atoms with Gasteiger partial charge in [0.2, 0.25) is 5.96 Å². The molecule has 1 saturated heterocycles. The minimum atomic E-state index is -0.666. The molecule has 1 aliphatic rings. The van der Waals surface area contributed by atoms with Crippen molar-refractivity contribution in [3.8, 4) is 0 Å². The Labute approximate surface area is 196 Å². The Balaban J connectivity index is 1.86. The van der Waals surface area contributed by atoms with E-state index in [9.17, 15) is 9.59 Å². The average molecular weight is 452 g/mol. The first-order valence-corrected chi connectivity index (χ1v) is 11.1. The van der Waals surface area contributed by atoms with Crippen molar-refractivity contribution in [2.75, 3.05) is 13.1 Å². The summed E-state index contributed by atoms with van der Waals surface area (Å²) < 4.78 is 11.1. The summed E-state index contributed by atoms with van der Waals surface area (Å²) in [7, 11) is 0. The maximum absolute atomic E-state index is 12.8. The van der Waals surface area contributed by atoms with Gasteiger partial charge in [-0.1, -0.05) is 42.5 Å². The molecule has 0 atom stereocenters. The molecule has 2 aromatic rings. The molecule has 1 aliphatic heterocycles. The molecule has 0 bridgehead atoms. The molecule has 2 aromatic carbocycles. The lowest BCUT2D eigenvalue weighted by molar-refractivity contribution is 0.0375. The molecule has 0 spiro atoms. The van der Waals surface area contributed by atoms with Gasteiger partial charge < -0.3 is 9.47 Å². The van der Waals surface area contributed by atoms with Gasteiger partial charge in [0.1, 0.15) is 11.2 Å². The van der Waals surface area contributed by atoms with Crippen LogP contribution in [-0.4, -0.2) is 52.2 Å². The van der Waals surface area contributed by atoms with E-state index in [4.69, 9.17) is 9.47 Å². The van der Waals surface area contributed by atoms with Crippen LogP contribution in [0.4, 0.5) is 15.3 Å². The monoisotopic (exact) mass is 451 g/mol. The van der Waals surface area contributed by atoms with Gasteiger partial charge in [-0.3, -0.25) is 0 Å². The molecule has 3 rings (SSSR count). The fourth-order valence-corrected chi connectivity index (χ4v) is 3.28. The predicted molar refractivity (Wildman–Crippen MR) is 129 cm³/mol. The SMILES string of the molecule is CC(C)(C)OC(=O)N1CCN(C(=O)OC(C)(C)C)C1=Nc1ccc(Cc2ccccc2)cc1. The Bertz CT molecular complexity index is 965. The van der Waals surface area contributed by atoms with E-state index in [2.05, 4.69) is 17.1 Å². The Hall–Kier alpha value is -3.35. The number of carbonyl (C=O) groups excluding carboxylic acids is 2. The van der Waals surface area contributed by atoms with Crippen LogP contribution in [0.15, 0.2) is 59.6 Å². The molecule has 2 amide bonds. The molecule has 7 heteroatoms. The lowest BCUT2D eigenvalue weighted by Crippen LogP contribution is -2.44. The van der Waals surface area contributed by atoms with Crippen LogP contribution in [0.1, 0.15) is 52.7 Å². The van der Waals surface area contributed by atoms with E-state index >= 15 is 0 Å². The van der Waals surface area contributed by atoms with E-state index in [1.54, 1.807) is 41.5 Å². The zero-order chi connectivity index (χ0) is 24.2. The molecule has 33 heavy (non-hydrogen) atoms. The van der Waals surface area contributed by atoms with Gasteiger partial charge in [0.15, 0.2) is 0 Å². The van der Waals surface area contributed by atoms with Crippen molar-refractivity contribution >= 4 is 23.8 Å². The van der Waals surface area contributed by atoms with Crippen LogP contribution in [0, 0.1) is 0 Å². The van der Waals surface area contributed by atoms with Crippen LogP contribution >= 0.6 is 0 Å². The average Bonchev–Trinajstić information content (AvgIpc) is 3.11. The van der Waals surface area contributed by atoms with Gasteiger partial charge in [-0.05, 0) is 71.2 Å². The van der Waals surface area contributed by atoms with E-state index in [0.29, 0.717) is 5.69 Å². The minimum Gasteiger partial charge on any atom is -0.443 e. The second kappa shape index (κ2) is 9.65. The Morgan fingerprint density at radius 1 is 0.758 bits per heavy atom. The molecular weight excluding hydrogens is 418 g/mol. The van der Waals surface area contributed by atoms with Gasteiger partial charge in [-0.2, -0.15) is 0 Å². The Kier molecular flexibility index (Phi) is 7.10. The van der Waals surface area contributed by atoms with Gasteiger partial charge in [0.05, 0.1) is 18.8 Å². The fraction of sp³-hybridized carbons (Fsp3) is 0.423. The summed E-state index contributed by atoms with van der Waals surface area (Å²) in [4.78, 5) is 33.0. The fourth-order valence-electron chi connectivity index (χ4n) is 3.28. The predicted octanol–water partition coefficient (Wildman–Crippen LogP) is 5.75. The maximum atomic E-state index is 12.8. The lowest BCUT2D eigenvalue weighted by atomic mass is 10.1. The quantitative estimate of drug-likeness (QED) is 0.595. The molecule has 1 fully saturated rings. The second-order valence-corrected chi connectivity index (χ2v) is 10.0. The van der Waals surface area contributed by atoms with Crippen molar-refractivity contribution in [3.05, 3.63) is 65.7 Å². The number of nitrogens with zero attached hydrogens (tertiary/aromatic N) is 3. The molecule has 176 valence electrons. The Morgan fingerprint density at radius 2 is 1.21 bits per heavy atom. The van der Waals surface area contributed by atoms with Crippen molar-refractivity contribution < 1.29 is 19.1 Å². The minimum absolute atomic E-state index is 0.203. The van der Waals surface area contributed by atoms with Crippen LogP contribution in [0.3, 0.4) is 0 Å². The molecular formula is C26H33N3O4. The highest BCUT2D eigenvalue weighted by atomic mass is 16.6. The van der Waals surface area contributed by atoms with Gasteiger partial charge in [0, 0.05) is 0 Å². The number of amides is 2. The third-order valence-electron chi connectivity index (χ3n) is 4.67. The molecule has 0 saturated carbocycles. The zero-order valence-electron chi connectivity index (χ0n) is 20.3. The van der Waals surface area contributed by atoms with Crippen molar-refractivity contribution in [2.24, 2.45) is 4.99 Å². The van der Waals surface area contributed by atoms with Gasteiger partial charge in [0.25, 0.3) is 0 Å². The first kappa shape index (κ1) is 24.3. The van der Waals surface area contributed by atoms with E-state index in [1.807, 2.05) is 42.5 Å². The summed E-state index contributed by atoms with van der Waals surface area (Å²) in [5, 5.41) is 0. The van der Waals surface area contributed by atoms with Gasteiger partial charge >= 0.3 is 12.2 Å². The number of carbonyl (C=O) groups is 2. The smallest absolute Gasteiger partial charge is 0.417 e. The standard InChI is InChI=1S/C26H33N3O4/c1-25(2,3)32-23(30)28-16-17-29(24(31)33-26(4,5)6)22(28)27-21-14-12-20(13-15-21)18-19-10-8-7-9-11-19/h7-15H,16-18H2,1-6H3. The first-order valence-electron chi connectivity index (χ1n) is 11.1. The maximum Gasteiger partial charge on any atom is 0.417 e. The van der Waals surface area contributed by atoms with Crippen LogP contribution < -0.4 is 0 Å². The summed E-state index contributed by atoms with van der Waals surface area (Å²) in [6.07, 6.45) is -0.285. The highest BCUT2D eigenvalue weighted by Gasteiger charge is 2.39. The number of guanidine groups is 1. The summed E-state index contributed by atoms with van der Waals surface area (Å²) in [5.41, 5.74) is 1.66. The summed E-state index contributed by atoms with van der Waals surface area (Å²) in [5.74, 6) is 0.203. The number of aliphatic imine (C=N–C) groups is 1. The molecule has 0 aliphatic carbocycles. The number of rotatable bonds is 3. The van der Waals surface area contributed by atoms with Crippen molar-refractivity contribution in [3.63, 3.8) is 0 Å². The summed E-state index contributed by atoms with van der Waals surface area (Å²) in [6, 6.07) is 18.0.